The standard InChI is InChI=1S/C19H18F3N3O/c1-2-3-8-17-24-15-7-5-4-6-13(15)18(26)25(17)16-10-9-12(23)11-14(16)19(20,21)22/h4-7,9-11H,2-3,8,23H2,1H3. The third kappa shape index (κ3) is 3.29. The summed E-state index contributed by atoms with van der Waals surface area (Å²) in [5.41, 5.74) is 4.29. The van der Waals surface area contributed by atoms with Gasteiger partial charge in [0.15, 0.2) is 0 Å². The van der Waals surface area contributed by atoms with Crippen molar-refractivity contribution >= 4 is 16.6 Å². The van der Waals surface area contributed by atoms with Gasteiger partial charge in [0.2, 0.25) is 0 Å². The molecule has 0 bridgehead atoms. The van der Waals surface area contributed by atoms with Crippen LogP contribution in [0.2, 0.25) is 0 Å². The van der Waals surface area contributed by atoms with Crippen LogP contribution in [0.3, 0.4) is 0 Å². The van der Waals surface area contributed by atoms with E-state index in [-0.39, 0.29) is 16.8 Å². The minimum Gasteiger partial charge on any atom is -0.399 e. The highest BCUT2D eigenvalue weighted by Gasteiger charge is 2.35. The molecule has 0 atom stereocenters. The summed E-state index contributed by atoms with van der Waals surface area (Å²) >= 11 is 0. The Bertz CT molecular complexity index is 1010. The summed E-state index contributed by atoms with van der Waals surface area (Å²) in [7, 11) is 0. The van der Waals surface area contributed by atoms with Gasteiger partial charge in [-0.2, -0.15) is 13.2 Å². The van der Waals surface area contributed by atoms with E-state index in [0.717, 1.165) is 17.1 Å². The van der Waals surface area contributed by atoms with Gasteiger partial charge in [-0.25, -0.2) is 4.98 Å². The average Bonchev–Trinajstić information content (AvgIpc) is 2.60. The van der Waals surface area contributed by atoms with E-state index in [0.29, 0.717) is 24.2 Å². The number of hydrogen-bond donors (Lipinski definition) is 1. The second-order valence-corrected chi connectivity index (χ2v) is 6.06. The summed E-state index contributed by atoms with van der Waals surface area (Å²) in [4.78, 5) is 17.5. The topological polar surface area (TPSA) is 60.9 Å². The Hall–Kier alpha value is -2.83. The molecular formula is C19H18F3N3O. The van der Waals surface area contributed by atoms with Crippen molar-refractivity contribution in [2.24, 2.45) is 0 Å². The molecule has 0 aliphatic heterocycles. The van der Waals surface area contributed by atoms with Crippen LogP contribution in [0.5, 0.6) is 0 Å². The Morgan fingerprint density at radius 2 is 1.88 bits per heavy atom. The van der Waals surface area contributed by atoms with Crippen LogP contribution in [-0.2, 0) is 12.6 Å². The van der Waals surface area contributed by atoms with Gasteiger partial charge in [0.1, 0.15) is 5.82 Å². The number of halogens is 3. The third-order valence-electron chi connectivity index (χ3n) is 4.17. The first kappa shape index (κ1) is 18.0. The summed E-state index contributed by atoms with van der Waals surface area (Å²) in [6.07, 6.45) is -2.70. The highest BCUT2D eigenvalue weighted by Crippen LogP contribution is 2.35. The lowest BCUT2D eigenvalue weighted by Gasteiger charge is -2.18. The van der Waals surface area contributed by atoms with Crippen LogP contribution >= 0.6 is 0 Å². The zero-order valence-corrected chi connectivity index (χ0v) is 14.2. The molecule has 1 heterocycles. The SMILES string of the molecule is CCCCc1nc2ccccc2c(=O)n1-c1ccc(N)cc1C(F)(F)F. The fourth-order valence-corrected chi connectivity index (χ4v) is 2.91. The van der Waals surface area contributed by atoms with Crippen molar-refractivity contribution in [3.63, 3.8) is 0 Å². The number of nitrogens with two attached hydrogens (primary N) is 1. The molecular weight excluding hydrogens is 343 g/mol. The van der Waals surface area contributed by atoms with Crippen molar-refractivity contribution in [3.05, 3.63) is 64.2 Å². The minimum atomic E-state index is -4.64. The van der Waals surface area contributed by atoms with Gasteiger partial charge in [0.05, 0.1) is 22.2 Å². The summed E-state index contributed by atoms with van der Waals surface area (Å²) in [5.74, 6) is 0.311. The number of fused-ring (bicyclic) bond motifs is 1. The minimum absolute atomic E-state index is 0.0158. The molecule has 3 rings (SSSR count). The number of hydrogen-bond acceptors (Lipinski definition) is 3. The molecule has 2 N–H and O–H groups in total. The molecule has 136 valence electrons. The summed E-state index contributed by atoms with van der Waals surface area (Å²) in [6.45, 7) is 1.97. The normalized spacial score (nSPS) is 11.8. The van der Waals surface area contributed by atoms with Crippen molar-refractivity contribution in [2.75, 3.05) is 5.73 Å². The molecule has 2 aromatic carbocycles. The van der Waals surface area contributed by atoms with Crippen LogP contribution in [0, 0.1) is 0 Å². The number of aryl methyl sites for hydroxylation is 1. The Morgan fingerprint density at radius 1 is 1.15 bits per heavy atom. The van der Waals surface area contributed by atoms with Crippen molar-refractivity contribution < 1.29 is 13.2 Å². The number of unbranched alkanes of at least 4 members (excludes halogenated alkanes) is 1. The molecule has 0 aliphatic rings. The fourth-order valence-electron chi connectivity index (χ4n) is 2.91. The summed E-state index contributed by atoms with van der Waals surface area (Å²) in [6, 6.07) is 10.1. The van der Waals surface area contributed by atoms with Crippen LogP contribution in [0.15, 0.2) is 47.3 Å². The van der Waals surface area contributed by atoms with Gasteiger partial charge in [0.25, 0.3) is 5.56 Å². The molecule has 3 aromatic rings. The maximum atomic E-state index is 13.6. The van der Waals surface area contributed by atoms with Crippen LogP contribution < -0.4 is 11.3 Å². The number of anilines is 1. The van der Waals surface area contributed by atoms with Crippen molar-refractivity contribution in [1.29, 1.82) is 0 Å². The summed E-state index contributed by atoms with van der Waals surface area (Å²) < 4.78 is 41.7. The Labute approximate surface area is 148 Å². The molecule has 0 radical (unpaired) electrons. The monoisotopic (exact) mass is 361 g/mol. The van der Waals surface area contributed by atoms with E-state index in [1.807, 2.05) is 6.92 Å². The quantitative estimate of drug-likeness (QED) is 0.704. The molecule has 0 unspecified atom stereocenters. The molecule has 4 nitrogen and oxygen atoms in total. The first-order valence-electron chi connectivity index (χ1n) is 8.30. The van der Waals surface area contributed by atoms with Gasteiger partial charge >= 0.3 is 6.18 Å². The van der Waals surface area contributed by atoms with Gasteiger partial charge in [0, 0.05) is 12.1 Å². The lowest BCUT2D eigenvalue weighted by Crippen LogP contribution is -2.26. The first-order chi connectivity index (χ1) is 12.3. The van der Waals surface area contributed by atoms with E-state index in [1.165, 1.54) is 12.1 Å². The lowest BCUT2D eigenvalue weighted by atomic mass is 10.1. The molecule has 1 aromatic heterocycles. The van der Waals surface area contributed by atoms with E-state index in [2.05, 4.69) is 4.98 Å². The van der Waals surface area contributed by atoms with Crippen LogP contribution in [0.25, 0.3) is 16.6 Å². The number of aromatic nitrogens is 2. The number of para-hydroxylation sites is 1. The smallest absolute Gasteiger partial charge is 0.399 e. The molecule has 26 heavy (non-hydrogen) atoms. The molecule has 0 spiro atoms. The molecule has 0 aliphatic carbocycles. The predicted molar refractivity (Wildman–Crippen MR) is 95.4 cm³/mol. The number of rotatable bonds is 4. The lowest BCUT2D eigenvalue weighted by molar-refractivity contribution is -0.137. The van der Waals surface area contributed by atoms with Gasteiger partial charge in [-0.05, 0) is 36.8 Å². The van der Waals surface area contributed by atoms with E-state index in [1.54, 1.807) is 24.3 Å². The number of nitrogen functional groups attached to an aromatic ring is 1. The largest absolute Gasteiger partial charge is 0.418 e. The first-order valence-corrected chi connectivity index (χ1v) is 8.30. The molecule has 7 heteroatoms. The van der Waals surface area contributed by atoms with E-state index in [4.69, 9.17) is 5.73 Å². The summed E-state index contributed by atoms with van der Waals surface area (Å²) in [5, 5.41) is 0.276. The third-order valence-corrected chi connectivity index (χ3v) is 4.17. The zero-order chi connectivity index (χ0) is 18.9. The molecule has 0 saturated heterocycles. The predicted octanol–water partition coefficient (Wildman–Crippen LogP) is 4.33. The molecule has 0 amide bonds. The average molecular weight is 361 g/mol. The van der Waals surface area contributed by atoms with Crippen molar-refractivity contribution in [1.82, 2.24) is 9.55 Å². The highest BCUT2D eigenvalue weighted by atomic mass is 19.4. The second kappa shape index (κ2) is 6.82. The number of nitrogens with zero attached hydrogens (tertiary/aromatic N) is 2. The van der Waals surface area contributed by atoms with Gasteiger partial charge in [-0.1, -0.05) is 25.5 Å². The number of alkyl halides is 3. The maximum absolute atomic E-state index is 13.6. The second-order valence-electron chi connectivity index (χ2n) is 6.06. The van der Waals surface area contributed by atoms with Crippen molar-refractivity contribution in [2.45, 2.75) is 32.4 Å². The van der Waals surface area contributed by atoms with E-state index >= 15 is 0 Å². The van der Waals surface area contributed by atoms with Crippen molar-refractivity contribution in [3.8, 4) is 5.69 Å². The van der Waals surface area contributed by atoms with E-state index < -0.39 is 17.3 Å². The molecule has 0 saturated carbocycles. The van der Waals surface area contributed by atoms with Crippen LogP contribution in [-0.4, -0.2) is 9.55 Å². The Morgan fingerprint density at radius 3 is 2.58 bits per heavy atom. The zero-order valence-electron chi connectivity index (χ0n) is 14.2. The van der Waals surface area contributed by atoms with Crippen LogP contribution in [0.1, 0.15) is 31.2 Å². The maximum Gasteiger partial charge on any atom is 0.418 e. The van der Waals surface area contributed by atoms with Gasteiger partial charge in [-0.3, -0.25) is 9.36 Å². The van der Waals surface area contributed by atoms with Gasteiger partial charge in [-0.15, -0.1) is 0 Å². The fraction of sp³-hybridized carbons (Fsp3) is 0.263. The van der Waals surface area contributed by atoms with Gasteiger partial charge < -0.3 is 5.73 Å². The van der Waals surface area contributed by atoms with Crippen LogP contribution in [0.4, 0.5) is 18.9 Å². The van der Waals surface area contributed by atoms with E-state index in [9.17, 15) is 18.0 Å². The Balaban J connectivity index is 2.37. The molecule has 0 fully saturated rings. The Kier molecular flexibility index (Phi) is 4.71. The number of benzene rings is 2. The highest BCUT2D eigenvalue weighted by molar-refractivity contribution is 5.78.